The van der Waals surface area contributed by atoms with Crippen LogP contribution >= 0.6 is 0 Å². The van der Waals surface area contributed by atoms with Gasteiger partial charge in [-0.25, -0.2) is 8.42 Å². The van der Waals surface area contributed by atoms with E-state index >= 15 is 0 Å². The Bertz CT molecular complexity index is 1030. The van der Waals surface area contributed by atoms with Gasteiger partial charge in [-0.2, -0.15) is 4.31 Å². The Kier molecular flexibility index (Phi) is 6.04. The fraction of sp³-hybridized carbons (Fsp3) is 0.368. The number of alkyl halides is 3. The average Bonchev–Trinajstić information content (AvgIpc) is 2.67. The van der Waals surface area contributed by atoms with E-state index in [-0.39, 0.29) is 30.4 Å². The summed E-state index contributed by atoms with van der Waals surface area (Å²) in [4.78, 5) is 18.4. The minimum Gasteiger partial charge on any atom is -0.406 e. The lowest BCUT2D eigenvalue weighted by molar-refractivity contribution is -0.274. The highest BCUT2D eigenvalue weighted by Crippen LogP contribution is 2.26. The van der Waals surface area contributed by atoms with Crippen molar-refractivity contribution in [3.63, 3.8) is 0 Å². The monoisotopic (exact) mass is 443 g/mol. The fourth-order valence-electron chi connectivity index (χ4n) is 3.27. The van der Waals surface area contributed by atoms with Crippen molar-refractivity contribution >= 4 is 15.9 Å². The van der Waals surface area contributed by atoms with Crippen LogP contribution in [0.25, 0.3) is 0 Å². The summed E-state index contributed by atoms with van der Waals surface area (Å²) in [6.45, 7) is 3.78. The van der Waals surface area contributed by atoms with Crippen LogP contribution in [0.4, 0.5) is 13.2 Å². The maximum absolute atomic E-state index is 12.9. The third-order valence-corrected chi connectivity index (χ3v) is 6.66. The number of halogens is 3. The number of piperazine rings is 1. The zero-order valence-corrected chi connectivity index (χ0v) is 17.1. The fourth-order valence-corrected chi connectivity index (χ4v) is 4.78. The van der Waals surface area contributed by atoms with E-state index in [9.17, 15) is 26.4 Å². The molecule has 2 heterocycles. The Morgan fingerprint density at radius 2 is 1.83 bits per heavy atom. The van der Waals surface area contributed by atoms with Gasteiger partial charge in [-0.15, -0.1) is 13.2 Å². The molecular formula is C19H20F3N3O4S. The summed E-state index contributed by atoms with van der Waals surface area (Å²) in [5.41, 5.74) is 1.05. The van der Waals surface area contributed by atoms with Crippen LogP contribution in [0.1, 0.15) is 23.0 Å². The molecule has 2 aromatic rings. The molecule has 0 spiro atoms. The standard InChI is InChI=1S/C19H20F3N3O4S/c1-13-12-24(10-11-25(13)18(26)17-4-3-9-23-14(17)2)30(27,28)16-7-5-15(6-8-16)29-19(20,21)22/h3-9,13H,10-12H2,1-2H3/t13-/m1/s1. The molecule has 1 aromatic heterocycles. The minimum absolute atomic E-state index is 0.0637. The molecule has 7 nitrogen and oxygen atoms in total. The van der Waals surface area contributed by atoms with Crippen molar-refractivity contribution in [3.8, 4) is 5.75 Å². The summed E-state index contributed by atoms with van der Waals surface area (Å²) >= 11 is 0. The van der Waals surface area contributed by atoms with Crippen molar-refractivity contribution in [2.75, 3.05) is 19.6 Å². The molecule has 11 heteroatoms. The number of ether oxygens (including phenoxy) is 1. The maximum Gasteiger partial charge on any atom is 0.573 e. The van der Waals surface area contributed by atoms with Gasteiger partial charge in [0.25, 0.3) is 5.91 Å². The quantitative estimate of drug-likeness (QED) is 0.726. The van der Waals surface area contributed by atoms with Crippen molar-refractivity contribution in [1.29, 1.82) is 0 Å². The first-order valence-corrected chi connectivity index (χ1v) is 10.5. The van der Waals surface area contributed by atoms with E-state index in [1.807, 2.05) is 0 Å². The van der Waals surface area contributed by atoms with Crippen molar-refractivity contribution in [2.24, 2.45) is 0 Å². The number of carbonyl (C=O) groups is 1. The van der Waals surface area contributed by atoms with Gasteiger partial charge in [0, 0.05) is 37.6 Å². The Morgan fingerprint density at radius 3 is 2.40 bits per heavy atom. The predicted octanol–water partition coefficient (Wildman–Crippen LogP) is 2.82. The maximum atomic E-state index is 12.9. The van der Waals surface area contributed by atoms with Gasteiger partial charge in [0.2, 0.25) is 10.0 Å². The van der Waals surface area contributed by atoms with E-state index < -0.39 is 28.2 Å². The molecular weight excluding hydrogens is 423 g/mol. The van der Waals surface area contributed by atoms with Gasteiger partial charge < -0.3 is 9.64 Å². The molecule has 1 aliphatic rings. The molecule has 30 heavy (non-hydrogen) atoms. The van der Waals surface area contributed by atoms with Crippen LogP contribution in [0.3, 0.4) is 0 Å². The second-order valence-corrected chi connectivity index (χ2v) is 8.80. The highest BCUT2D eigenvalue weighted by atomic mass is 32.2. The van der Waals surface area contributed by atoms with Crippen LogP contribution in [-0.4, -0.2) is 60.6 Å². The highest BCUT2D eigenvalue weighted by Gasteiger charge is 2.35. The van der Waals surface area contributed by atoms with Gasteiger partial charge >= 0.3 is 6.36 Å². The molecule has 162 valence electrons. The summed E-state index contributed by atoms with van der Waals surface area (Å²) in [6, 6.07) is 6.98. The molecule has 1 aliphatic heterocycles. The first kappa shape index (κ1) is 22.0. The van der Waals surface area contributed by atoms with E-state index in [2.05, 4.69) is 9.72 Å². The smallest absolute Gasteiger partial charge is 0.406 e. The third-order valence-electron chi connectivity index (χ3n) is 4.78. The second kappa shape index (κ2) is 8.23. The number of hydrogen-bond acceptors (Lipinski definition) is 5. The second-order valence-electron chi connectivity index (χ2n) is 6.87. The third kappa shape index (κ3) is 4.73. The van der Waals surface area contributed by atoms with Gasteiger partial charge in [-0.1, -0.05) is 0 Å². The number of aromatic nitrogens is 1. The number of hydrogen-bond donors (Lipinski definition) is 0. The largest absolute Gasteiger partial charge is 0.573 e. The van der Waals surface area contributed by atoms with Gasteiger partial charge in [-0.05, 0) is 50.2 Å². The lowest BCUT2D eigenvalue weighted by atomic mass is 10.1. The number of pyridine rings is 1. The molecule has 1 atom stereocenters. The molecule has 1 fully saturated rings. The van der Waals surface area contributed by atoms with E-state index in [0.29, 0.717) is 11.3 Å². The Morgan fingerprint density at radius 1 is 1.17 bits per heavy atom. The van der Waals surface area contributed by atoms with Crippen LogP contribution < -0.4 is 4.74 Å². The number of amides is 1. The summed E-state index contributed by atoms with van der Waals surface area (Å²) < 4.78 is 67.6. The molecule has 1 aromatic carbocycles. The van der Waals surface area contributed by atoms with Gasteiger partial charge in [0.1, 0.15) is 5.75 Å². The van der Waals surface area contributed by atoms with Crippen LogP contribution in [0, 0.1) is 6.92 Å². The Hall–Kier alpha value is -2.66. The minimum atomic E-state index is -4.86. The van der Waals surface area contributed by atoms with Crippen molar-refractivity contribution in [2.45, 2.75) is 31.1 Å². The Labute approximate surface area is 172 Å². The highest BCUT2D eigenvalue weighted by molar-refractivity contribution is 7.89. The normalized spacial score (nSPS) is 18.3. The average molecular weight is 443 g/mol. The Balaban J connectivity index is 1.72. The van der Waals surface area contributed by atoms with E-state index in [0.717, 1.165) is 24.3 Å². The summed E-state index contributed by atoms with van der Waals surface area (Å²) in [7, 11) is -3.93. The van der Waals surface area contributed by atoms with E-state index in [4.69, 9.17) is 0 Å². The van der Waals surface area contributed by atoms with Crippen LogP contribution in [0.15, 0.2) is 47.5 Å². The lowest BCUT2D eigenvalue weighted by Crippen LogP contribution is -2.55. The number of carbonyl (C=O) groups excluding carboxylic acids is 1. The first-order valence-electron chi connectivity index (χ1n) is 9.07. The van der Waals surface area contributed by atoms with Crippen molar-refractivity contribution in [3.05, 3.63) is 53.9 Å². The van der Waals surface area contributed by atoms with Crippen LogP contribution in [0.5, 0.6) is 5.75 Å². The SMILES string of the molecule is Cc1ncccc1C(=O)N1CCN(S(=O)(=O)c2ccc(OC(F)(F)F)cc2)C[C@H]1C. The molecule has 3 rings (SSSR count). The van der Waals surface area contributed by atoms with Crippen LogP contribution in [-0.2, 0) is 10.0 Å². The summed E-state index contributed by atoms with van der Waals surface area (Å²) in [5.74, 6) is -0.726. The van der Waals surface area contributed by atoms with Crippen molar-refractivity contribution < 1.29 is 31.1 Å². The van der Waals surface area contributed by atoms with Crippen LogP contribution in [0.2, 0.25) is 0 Å². The molecule has 1 saturated heterocycles. The summed E-state index contributed by atoms with van der Waals surface area (Å²) in [5, 5.41) is 0. The first-order chi connectivity index (χ1) is 14.0. The number of aryl methyl sites for hydroxylation is 1. The van der Waals surface area contributed by atoms with Gasteiger partial charge in [0.15, 0.2) is 0 Å². The molecule has 0 saturated carbocycles. The molecule has 0 aliphatic carbocycles. The van der Waals surface area contributed by atoms with Gasteiger partial charge in [-0.3, -0.25) is 9.78 Å². The molecule has 0 N–H and O–H groups in total. The number of rotatable bonds is 4. The topological polar surface area (TPSA) is 79.8 Å². The van der Waals surface area contributed by atoms with E-state index in [1.165, 1.54) is 4.31 Å². The number of nitrogens with zero attached hydrogens (tertiary/aromatic N) is 3. The molecule has 0 unspecified atom stereocenters. The van der Waals surface area contributed by atoms with E-state index in [1.54, 1.807) is 37.1 Å². The number of benzene rings is 1. The molecule has 0 bridgehead atoms. The summed E-state index contributed by atoms with van der Waals surface area (Å²) in [6.07, 6.45) is -3.27. The number of sulfonamides is 1. The molecule has 1 amide bonds. The zero-order valence-electron chi connectivity index (χ0n) is 16.3. The predicted molar refractivity (Wildman–Crippen MR) is 101 cm³/mol. The van der Waals surface area contributed by atoms with Gasteiger partial charge in [0.05, 0.1) is 10.5 Å². The molecule has 0 radical (unpaired) electrons. The zero-order chi connectivity index (χ0) is 22.1. The lowest BCUT2D eigenvalue weighted by Gasteiger charge is -2.39. The van der Waals surface area contributed by atoms with Crippen molar-refractivity contribution in [1.82, 2.24) is 14.2 Å².